The van der Waals surface area contributed by atoms with Gasteiger partial charge >= 0.3 is 5.88 Å². The molecular weight excluding hydrogens is 244 g/mol. The van der Waals surface area contributed by atoms with Crippen LogP contribution < -0.4 is 5.32 Å². The molecule has 2 rings (SSSR count). The summed E-state index contributed by atoms with van der Waals surface area (Å²) in [6, 6.07) is 11.3. The first kappa shape index (κ1) is 13.3. The molecule has 0 saturated carbocycles. The van der Waals surface area contributed by atoms with Crippen molar-refractivity contribution in [2.75, 3.05) is 0 Å². The molecule has 0 saturated heterocycles. The van der Waals surface area contributed by atoms with Gasteiger partial charge in [0.15, 0.2) is 0 Å². The lowest BCUT2D eigenvalue weighted by Gasteiger charge is -2.15. The number of benzene rings is 1. The fourth-order valence-electron chi connectivity index (χ4n) is 2.00. The standard InChI is InChI=1S/C14H16N2O3/c1-10-5-3-4-6-13(10)11(2)15-9-12-7-8-14(19-12)16(17)18/h3-8,11,15H,9H2,1-2H3. The smallest absolute Gasteiger partial charge is 0.404 e. The van der Waals surface area contributed by atoms with Gasteiger partial charge < -0.3 is 9.73 Å². The zero-order chi connectivity index (χ0) is 13.8. The van der Waals surface area contributed by atoms with Gasteiger partial charge in [-0.05, 0) is 31.0 Å². The van der Waals surface area contributed by atoms with E-state index in [4.69, 9.17) is 4.42 Å². The van der Waals surface area contributed by atoms with E-state index in [1.807, 2.05) is 12.1 Å². The summed E-state index contributed by atoms with van der Waals surface area (Å²) in [7, 11) is 0. The molecule has 0 aliphatic rings. The van der Waals surface area contributed by atoms with Gasteiger partial charge in [-0.25, -0.2) is 0 Å². The molecule has 0 bridgehead atoms. The Morgan fingerprint density at radius 3 is 2.68 bits per heavy atom. The molecule has 1 heterocycles. The van der Waals surface area contributed by atoms with E-state index in [9.17, 15) is 10.1 Å². The normalized spacial score (nSPS) is 12.3. The predicted molar refractivity (Wildman–Crippen MR) is 71.8 cm³/mol. The maximum atomic E-state index is 10.5. The largest absolute Gasteiger partial charge is 0.433 e. The van der Waals surface area contributed by atoms with Crippen molar-refractivity contribution in [2.24, 2.45) is 0 Å². The van der Waals surface area contributed by atoms with Gasteiger partial charge in [-0.2, -0.15) is 0 Å². The second-order valence-corrected chi connectivity index (χ2v) is 4.46. The molecule has 1 aromatic carbocycles. The van der Waals surface area contributed by atoms with Crippen molar-refractivity contribution in [1.82, 2.24) is 5.32 Å². The van der Waals surface area contributed by atoms with E-state index < -0.39 is 4.92 Å². The molecule has 2 aromatic rings. The molecule has 1 aromatic heterocycles. The predicted octanol–water partition coefficient (Wildman–Crippen LogP) is 3.35. The number of hydrogen-bond acceptors (Lipinski definition) is 4. The van der Waals surface area contributed by atoms with E-state index in [0.717, 1.165) is 0 Å². The quantitative estimate of drug-likeness (QED) is 0.661. The molecule has 0 spiro atoms. The highest BCUT2D eigenvalue weighted by Crippen LogP contribution is 2.19. The van der Waals surface area contributed by atoms with Gasteiger partial charge in [0.25, 0.3) is 0 Å². The summed E-state index contributed by atoms with van der Waals surface area (Å²) in [5.74, 6) is 0.340. The van der Waals surface area contributed by atoms with Crippen molar-refractivity contribution in [3.63, 3.8) is 0 Å². The maximum absolute atomic E-state index is 10.5. The molecule has 100 valence electrons. The number of furan rings is 1. The minimum absolute atomic E-state index is 0.158. The van der Waals surface area contributed by atoms with Crippen LogP contribution in [0.25, 0.3) is 0 Å². The monoisotopic (exact) mass is 260 g/mol. The molecule has 5 nitrogen and oxygen atoms in total. The van der Waals surface area contributed by atoms with Crippen molar-refractivity contribution in [3.05, 3.63) is 63.4 Å². The first-order chi connectivity index (χ1) is 9.08. The Labute approximate surface area is 111 Å². The van der Waals surface area contributed by atoms with Gasteiger partial charge in [0.2, 0.25) is 0 Å². The second kappa shape index (κ2) is 5.67. The van der Waals surface area contributed by atoms with Crippen LogP contribution in [-0.2, 0) is 6.54 Å². The van der Waals surface area contributed by atoms with Crippen LogP contribution in [0.2, 0.25) is 0 Å². The Balaban J connectivity index is 1.98. The van der Waals surface area contributed by atoms with Crippen LogP contribution in [0.5, 0.6) is 0 Å². The summed E-state index contributed by atoms with van der Waals surface area (Å²) in [5, 5.41) is 13.8. The lowest BCUT2D eigenvalue weighted by molar-refractivity contribution is -0.402. The van der Waals surface area contributed by atoms with Gasteiger partial charge in [0.05, 0.1) is 12.6 Å². The van der Waals surface area contributed by atoms with E-state index >= 15 is 0 Å². The molecule has 19 heavy (non-hydrogen) atoms. The van der Waals surface area contributed by atoms with Gasteiger partial charge in [0.1, 0.15) is 10.7 Å². The Bertz CT molecular complexity index is 578. The van der Waals surface area contributed by atoms with Crippen LogP contribution in [0, 0.1) is 17.0 Å². The van der Waals surface area contributed by atoms with Crippen molar-refractivity contribution in [1.29, 1.82) is 0 Å². The van der Waals surface area contributed by atoms with Crippen LogP contribution >= 0.6 is 0 Å². The van der Waals surface area contributed by atoms with Crippen LogP contribution in [0.15, 0.2) is 40.8 Å². The highest BCUT2D eigenvalue weighted by molar-refractivity contribution is 5.28. The molecule has 5 heteroatoms. The third kappa shape index (κ3) is 3.20. The molecule has 0 fully saturated rings. The van der Waals surface area contributed by atoms with Crippen LogP contribution in [0.3, 0.4) is 0 Å². The first-order valence-electron chi connectivity index (χ1n) is 6.10. The van der Waals surface area contributed by atoms with Crippen molar-refractivity contribution in [2.45, 2.75) is 26.4 Å². The average Bonchev–Trinajstić information content (AvgIpc) is 2.85. The summed E-state index contributed by atoms with van der Waals surface area (Å²) in [6.45, 7) is 4.58. The lowest BCUT2D eigenvalue weighted by atomic mass is 10.0. The summed E-state index contributed by atoms with van der Waals surface area (Å²) in [5.41, 5.74) is 2.43. The van der Waals surface area contributed by atoms with E-state index in [1.54, 1.807) is 6.07 Å². The number of rotatable bonds is 5. The lowest BCUT2D eigenvalue weighted by Crippen LogP contribution is -2.18. The Kier molecular flexibility index (Phi) is 3.97. The first-order valence-corrected chi connectivity index (χ1v) is 6.10. The van der Waals surface area contributed by atoms with Crippen molar-refractivity contribution < 1.29 is 9.34 Å². The van der Waals surface area contributed by atoms with E-state index in [0.29, 0.717) is 12.3 Å². The summed E-state index contributed by atoms with van der Waals surface area (Å²) in [4.78, 5) is 9.98. The molecule has 1 N–H and O–H groups in total. The number of nitrogens with zero attached hydrogens (tertiary/aromatic N) is 1. The highest BCUT2D eigenvalue weighted by Gasteiger charge is 2.13. The fourth-order valence-corrected chi connectivity index (χ4v) is 2.00. The molecule has 1 atom stereocenters. The van der Waals surface area contributed by atoms with Crippen molar-refractivity contribution in [3.8, 4) is 0 Å². The van der Waals surface area contributed by atoms with E-state index in [-0.39, 0.29) is 11.9 Å². The minimum Gasteiger partial charge on any atom is -0.404 e. The Hall–Kier alpha value is -2.14. The topological polar surface area (TPSA) is 68.3 Å². The molecular formula is C14H16N2O3. The van der Waals surface area contributed by atoms with Gasteiger partial charge in [0, 0.05) is 6.04 Å². The van der Waals surface area contributed by atoms with Crippen LogP contribution in [0.4, 0.5) is 5.88 Å². The molecule has 0 aliphatic heterocycles. The van der Waals surface area contributed by atoms with E-state index in [2.05, 4.69) is 31.3 Å². The number of nitrogens with one attached hydrogen (secondary N) is 1. The van der Waals surface area contributed by atoms with Crippen LogP contribution in [0.1, 0.15) is 29.9 Å². The molecule has 0 radical (unpaired) electrons. The summed E-state index contributed by atoms with van der Waals surface area (Å²) in [6.07, 6.45) is 0. The molecule has 1 unspecified atom stereocenters. The van der Waals surface area contributed by atoms with Crippen molar-refractivity contribution >= 4 is 5.88 Å². The number of aryl methyl sites for hydroxylation is 1. The van der Waals surface area contributed by atoms with Gasteiger partial charge in [-0.15, -0.1) is 0 Å². The highest BCUT2D eigenvalue weighted by atomic mass is 16.6. The zero-order valence-electron chi connectivity index (χ0n) is 10.9. The SMILES string of the molecule is Cc1ccccc1C(C)NCc1ccc([N+](=O)[O-])o1. The van der Waals surface area contributed by atoms with E-state index in [1.165, 1.54) is 17.2 Å². The van der Waals surface area contributed by atoms with Gasteiger partial charge in [-0.1, -0.05) is 24.3 Å². The third-order valence-electron chi connectivity index (χ3n) is 3.06. The number of nitro groups is 1. The fraction of sp³-hybridized carbons (Fsp3) is 0.286. The molecule has 0 aliphatic carbocycles. The zero-order valence-corrected chi connectivity index (χ0v) is 10.9. The van der Waals surface area contributed by atoms with Gasteiger partial charge in [-0.3, -0.25) is 10.1 Å². The summed E-state index contributed by atoms with van der Waals surface area (Å²) >= 11 is 0. The second-order valence-electron chi connectivity index (χ2n) is 4.46. The Morgan fingerprint density at radius 2 is 2.05 bits per heavy atom. The Morgan fingerprint density at radius 1 is 1.32 bits per heavy atom. The molecule has 0 amide bonds. The number of hydrogen-bond donors (Lipinski definition) is 1. The summed E-state index contributed by atoms with van der Waals surface area (Å²) < 4.78 is 5.10. The third-order valence-corrected chi connectivity index (χ3v) is 3.06. The average molecular weight is 260 g/mol. The van der Waals surface area contributed by atoms with Crippen LogP contribution in [-0.4, -0.2) is 4.92 Å². The maximum Gasteiger partial charge on any atom is 0.433 e. The minimum atomic E-state index is -0.533.